The second-order valence-electron chi connectivity index (χ2n) is 14.1. The van der Waals surface area contributed by atoms with E-state index in [9.17, 15) is 33.8 Å². The molecule has 352 valence electrons. The first-order valence-corrected chi connectivity index (χ1v) is 24.7. The monoisotopic (exact) mass is 912 g/mol. The Labute approximate surface area is 370 Å². The molecule has 0 fully saturated rings. The predicted molar refractivity (Wildman–Crippen MR) is 245 cm³/mol. The Morgan fingerprint density at radius 1 is 0.532 bits per heavy atom. The predicted octanol–water partition coefficient (Wildman–Crippen LogP) is 10.1. The highest BCUT2D eigenvalue weighted by Gasteiger charge is 2.28. The van der Waals surface area contributed by atoms with Crippen molar-refractivity contribution in [2.75, 3.05) is 26.4 Å². The molecule has 0 rings (SSSR count). The molecule has 16 heteroatoms. The second kappa shape index (κ2) is 40.5. The van der Waals surface area contributed by atoms with Crippen molar-refractivity contribution in [3.8, 4) is 0 Å². The van der Waals surface area contributed by atoms with Gasteiger partial charge in [-0.2, -0.15) is 0 Å². The Kier molecular flexibility index (Phi) is 38.4. The van der Waals surface area contributed by atoms with Crippen LogP contribution in [0.25, 0.3) is 0 Å². The van der Waals surface area contributed by atoms with Crippen molar-refractivity contribution in [3.05, 3.63) is 109 Å². The Bertz CT molecular complexity index is 1520. The Morgan fingerprint density at radius 3 is 1.48 bits per heavy atom. The Morgan fingerprint density at radius 2 is 0.984 bits per heavy atom. The van der Waals surface area contributed by atoms with Gasteiger partial charge in [0.15, 0.2) is 6.10 Å². The number of aliphatic hydroxyl groups excluding tert-OH is 2. The summed E-state index contributed by atoms with van der Waals surface area (Å²) in [6, 6.07) is 0. The number of allylic oxidation sites excluding steroid dienone is 17. The summed E-state index contributed by atoms with van der Waals surface area (Å²) in [4.78, 5) is 52.6. The minimum absolute atomic E-state index is 0.0208. The molecule has 5 N–H and O–H groups in total. The van der Waals surface area contributed by atoms with Gasteiger partial charge in [0.05, 0.1) is 25.9 Å². The van der Waals surface area contributed by atoms with Crippen molar-refractivity contribution in [2.45, 2.75) is 141 Å². The van der Waals surface area contributed by atoms with E-state index in [0.717, 1.165) is 44.9 Å². The third-order valence-electron chi connectivity index (χ3n) is 8.29. The number of phosphoric ester groups is 2. The zero-order valence-corrected chi connectivity index (χ0v) is 38.6. The topological polar surface area (TPSA) is 216 Å². The van der Waals surface area contributed by atoms with E-state index in [2.05, 4.69) is 70.7 Å². The fourth-order valence-corrected chi connectivity index (χ4v) is 6.01. The third-order valence-corrected chi connectivity index (χ3v) is 9.73. The lowest BCUT2D eigenvalue weighted by Gasteiger charge is -2.20. The van der Waals surface area contributed by atoms with Crippen molar-refractivity contribution >= 4 is 27.6 Å². The van der Waals surface area contributed by atoms with Gasteiger partial charge in [-0.25, -0.2) is 9.13 Å². The van der Waals surface area contributed by atoms with Crippen LogP contribution in [0.5, 0.6) is 0 Å². The van der Waals surface area contributed by atoms with E-state index >= 15 is 0 Å². The van der Waals surface area contributed by atoms with Gasteiger partial charge < -0.3 is 34.4 Å². The average Bonchev–Trinajstić information content (AvgIpc) is 3.23. The summed E-state index contributed by atoms with van der Waals surface area (Å²) in [6.45, 7) is 1.24. The summed E-state index contributed by atoms with van der Waals surface area (Å²) in [5, 5.41) is 19.2. The Hall–Kier alpha value is -3.26. The number of unbranched alkanes of at least 4 members (excludes halogenated alkanes) is 5. The van der Waals surface area contributed by atoms with Crippen molar-refractivity contribution in [1.29, 1.82) is 0 Å². The smallest absolute Gasteiger partial charge is 0.462 e. The molecule has 0 amide bonds. The van der Waals surface area contributed by atoms with Gasteiger partial charge in [0, 0.05) is 12.8 Å². The normalized spacial score (nSPS) is 15.5. The van der Waals surface area contributed by atoms with E-state index < -0.39 is 72.3 Å². The van der Waals surface area contributed by atoms with E-state index in [1.54, 1.807) is 6.08 Å². The van der Waals surface area contributed by atoms with Crippen LogP contribution >= 0.6 is 15.6 Å². The molecule has 14 nitrogen and oxygen atoms in total. The van der Waals surface area contributed by atoms with Crippen LogP contribution in [-0.4, -0.2) is 81.6 Å². The van der Waals surface area contributed by atoms with Gasteiger partial charge in [0.2, 0.25) is 0 Å². The first-order valence-electron chi connectivity index (χ1n) is 21.7. The number of ether oxygens (including phenoxy) is 2. The fourth-order valence-electron chi connectivity index (χ4n) is 4.85. The van der Waals surface area contributed by atoms with Gasteiger partial charge in [-0.05, 0) is 83.5 Å². The molecule has 0 radical (unpaired) electrons. The van der Waals surface area contributed by atoms with Gasteiger partial charge in [0.1, 0.15) is 12.7 Å². The number of carbonyl (C=O) groups is 2. The molecule has 0 aliphatic heterocycles. The molecule has 0 aliphatic carbocycles. The van der Waals surface area contributed by atoms with Crippen LogP contribution in [0, 0.1) is 0 Å². The minimum atomic E-state index is -4.88. The molecule has 0 aromatic rings. The molecule has 0 bridgehead atoms. The van der Waals surface area contributed by atoms with Crippen molar-refractivity contribution in [2.24, 2.45) is 0 Å². The molecule has 4 atom stereocenters. The number of hydrogen-bond donors (Lipinski definition) is 5. The van der Waals surface area contributed by atoms with E-state index in [0.29, 0.717) is 32.1 Å². The first-order chi connectivity index (χ1) is 29.8. The second-order valence-corrected chi connectivity index (χ2v) is 16.8. The van der Waals surface area contributed by atoms with E-state index in [-0.39, 0.29) is 12.8 Å². The Balaban J connectivity index is 4.75. The van der Waals surface area contributed by atoms with Gasteiger partial charge >= 0.3 is 27.6 Å². The molecular weight excluding hydrogens is 838 g/mol. The molecule has 0 saturated carbocycles. The van der Waals surface area contributed by atoms with Gasteiger partial charge in [-0.3, -0.25) is 23.2 Å². The SMILES string of the molecule is CCCCC/C=C\C/C=C\C/C=C\C/C=C\CCCC(=O)OC[C@H](COP(=O)(O)OC[C@@H](O)COP(=O)(O)O)OC(=O)CCC/C=C\C/C=C\C/C=C\C/C=C\C=C\[C@H](O)CC. The molecule has 1 unspecified atom stereocenters. The average molecular weight is 913 g/mol. The first kappa shape index (κ1) is 58.7. The van der Waals surface area contributed by atoms with E-state index in [1.807, 2.05) is 55.5 Å². The summed E-state index contributed by atoms with van der Waals surface area (Å²) in [5.74, 6) is -1.20. The van der Waals surface area contributed by atoms with Gasteiger partial charge in [-0.1, -0.05) is 136 Å². The molecule has 0 saturated heterocycles. The molecule has 0 spiro atoms. The van der Waals surface area contributed by atoms with Crippen LogP contribution in [0.15, 0.2) is 109 Å². The number of esters is 2. The highest BCUT2D eigenvalue weighted by Crippen LogP contribution is 2.43. The molecule has 0 aromatic heterocycles. The largest absolute Gasteiger partial charge is 0.472 e. The van der Waals surface area contributed by atoms with Crippen molar-refractivity contribution in [1.82, 2.24) is 0 Å². The van der Waals surface area contributed by atoms with Crippen LogP contribution in [0.4, 0.5) is 0 Å². The van der Waals surface area contributed by atoms with Crippen LogP contribution in [0.3, 0.4) is 0 Å². The molecule has 0 heterocycles. The summed E-state index contributed by atoms with van der Waals surface area (Å²) >= 11 is 0. The number of carbonyl (C=O) groups excluding carboxylic acids is 2. The molecule has 0 aliphatic rings. The minimum Gasteiger partial charge on any atom is -0.462 e. The zero-order chi connectivity index (χ0) is 46.0. The van der Waals surface area contributed by atoms with Crippen molar-refractivity contribution < 1.29 is 66.7 Å². The third kappa shape index (κ3) is 43.4. The van der Waals surface area contributed by atoms with Crippen molar-refractivity contribution in [3.63, 3.8) is 0 Å². The maximum atomic E-state index is 12.6. The van der Waals surface area contributed by atoms with Gasteiger partial charge in [-0.15, -0.1) is 0 Å². The lowest BCUT2D eigenvalue weighted by atomic mass is 10.2. The van der Waals surface area contributed by atoms with E-state index in [1.165, 1.54) is 19.3 Å². The lowest BCUT2D eigenvalue weighted by molar-refractivity contribution is -0.161. The molecule has 62 heavy (non-hydrogen) atoms. The zero-order valence-electron chi connectivity index (χ0n) is 36.8. The lowest BCUT2D eigenvalue weighted by Crippen LogP contribution is -2.29. The summed E-state index contributed by atoms with van der Waals surface area (Å²) in [6.07, 6.45) is 46.2. The van der Waals surface area contributed by atoms with E-state index in [4.69, 9.17) is 23.8 Å². The standard InChI is InChI=1S/C46H74O14P2/c1-3-5-6-7-8-9-10-11-12-13-14-18-21-24-27-30-33-36-45(49)56-40-44(41-59-62(54,55)58-39-43(48)38-57-61(51,52)53)60-46(50)37-34-31-28-25-22-19-16-15-17-20-23-26-29-32-35-42(47)4-2/h8-9,11-12,14,16-20,24-29,32,35,42-44,47-48H,3-7,10,13,15,21-23,30-31,33-34,36-41H2,1-2H3,(H,54,55)(H2,51,52,53)/b9-8-,12-11-,18-14-,19-16-,20-17-,27-24-,28-25-,29-26-,35-32+/t42-,43+,44-/m1/s1. The summed E-state index contributed by atoms with van der Waals surface area (Å²) in [7, 11) is -9.74. The number of hydrogen-bond acceptors (Lipinski definition) is 11. The fraction of sp³-hybridized carbons (Fsp3) is 0.565. The molecule has 0 aromatic carbocycles. The molecular formula is C46H74O14P2. The van der Waals surface area contributed by atoms with Gasteiger partial charge in [0.25, 0.3) is 0 Å². The highest BCUT2D eigenvalue weighted by molar-refractivity contribution is 7.47. The maximum Gasteiger partial charge on any atom is 0.472 e. The number of phosphoric acid groups is 2. The van der Waals surface area contributed by atoms with Crippen LogP contribution in [0.1, 0.15) is 123 Å². The number of rotatable bonds is 39. The number of aliphatic hydroxyl groups is 2. The van der Waals surface area contributed by atoms with Crippen LogP contribution in [0.2, 0.25) is 0 Å². The quantitative estimate of drug-likeness (QED) is 0.0128. The van der Waals surface area contributed by atoms with Crippen LogP contribution < -0.4 is 0 Å². The summed E-state index contributed by atoms with van der Waals surface area (Å²) < 4.78 is 47.6. The summed E-state index contributed by atoms with van der Waals surface area (Å²) in [5.41, 5.74) is 0. The van der Waals surface area contributed by atoms with Crippen LogP contribution in [-0.2, 0) is 41.8 Å². The maximum absolute atomic E-state index is 12.6. The highest BCUT2D eigenvalue weighted by atomic mass is 31.2.